The van der Waals surface area contributed by atoms with Crippen LogP contribution in [0, 0.1) is 6.92 Å². The van der Waals surface area contributed by atoms with Gasteiger partial charge in [0.25, 0.3) is 0 Å². The Morgan fingerprint density at radius 1 is 1.00 bits per heavy atom. The highest BCUT2D eigenvalue weighted by atomic mass is 32.2. The van der Waals surface area contributed by atoms with Gasteiger partial charge in [0.2, 0.25) is 21.8 Å². The molecule has 24 heavy (non-hydrogen) atoms. The fourth-order valence-corrected chi connectivity index (χ4v) is 3.32. The molecule has 7 heteroatoms. The third kappa shape index (κ3) is 3.37. The normalized spacial score (nSPS) is 11.8. The van der Waals surface area contributed by atoms with Crippen LogP contribution >= 0.6 is 0 Å². The molecule has 0 saturated carbocycles. The smallest absolute Gasteiger partial charge is 0.247 e. The molecule has 0 saturated heterocycles. The number of aryl methyl sites for hydroxylation is 1. The van der Waals surface area contributed by atoms with E-state index < -0.39 is 10.0 Å². The molecule has 0 aliphatic heterocycles. The summed E-state index contributed by atoms with van der Waals surface area (Å²) in [6.45, 7) is 2.00. The van der Waals surface area contributed by atoms with Crippen molar-refractivity contribution < 1.29 is 12.8 Å². The van der Waals surface area contributed by atoms with Crippen LogP contribution in [0.15, 0.2) is 63.9 Å². The molecule has 0 aliphatic carbocycles. The molecule has 1 aromatic heterocycles. The summed E-state index contributed by atoms with van der Waals surface area (Å²) in [4.78, 5) is 0.228. The third-order valence-corrected chi connectivity index (χ3v) is 5.39. The maximum atomic E-state index is 12.5. The van der Waals surface area contributed by atoms with Gasteiger partial charge in [0.15, 0.2) is 0 Å². The predicted molar refractivity (Wildman–Crippen MR) is 89.6 cm³/mol. The van der Waals surface area contributed by atoms with Crippen molar-refractivity contribution in [2.75, 3.05) is 7.05 Å². The summed E-state index contributed by atoms with van der Waals surface area (Å²) >= 11 is 0. The van der Waals surface area contributed by atoms with Gasteiger partial charge >= 0.3 is 0 Å². The lowest BCUT2D eigenvalue weighted by molar-refractivity contribution is 0.400. The van der Waals surface area contributed by atoms with Gasteiger partial charge in [0, 0.05) is 12.6 Å². The molecule has 0 radical (unpaired) electrons. The maximum absolute atomic E-state index is 12.5. The Morgan fingerprint density at radius 2 is 1.67 bits per heavy atom. The van der Waals surface area contributed by atoms with E-state index in [1.54, 1.807) is 30.3 Å². The van der Waals surface area contributed by atoms with E-state index in [2.05, 4.69) is 10.2 Å². The van der Waals surface area contributed by atoms with E-state index in [0.717, 1.165) is 11.1 Å². The van der Waals surface area contributed by atoms with Crippen LogP contribution in [0.5, 0.6) is 0 Å². The largest absolute Gasteiger partial charge is 0.419 e. The van der Waals surface area contributed by atoms with E-state index in [0.29, 0.717) is 5.89 Å². The number of benzene rings is 2. The number of hydrogen-bond acceptors (Lipinski definition) is 5. The fourth-order valence-electron chi connectivity index (χ4n) is 2.18. The average molecular weight is 343 g/mol. The number of rotatable bonds is 5. The zero-order chi connectivity index (χ0) is 17.2. The van der Waals surface area contributed by atoms with Crippen LogP contribution in [-0.4, -0.2) is 30.0 Å². The Morgan fingerprint density at radius 3 is 2.33 bits per heavy atom. The molecule has 2 aromatic carbocycles. The second-order valence-corrected chi connectivity index (χ2v) is 7.49. The molecule has 0 spiro atoms. The minimum absolute atomic E-state index is 0.0100. The van der Waals surface area contributed by atoms with E-state index in [4.69, 9.17) is 4.42 Å². The molecule has 0 unspecified atom stereocenters. The monoisotopic (exact) mass is 343 g/mol. The molecule has 0 bridgehead atoms. The SMILES string of the molecule is Cc1ccc(-c2nnc(CN(C)S(=O)(=O)c3ccccc3)o2)cc1. The minimum Gasteiger partial charge on any atom is -0.419 e. The Hall–Kier alpha value is -2.51. The van der Waals surface area contributed by atoms with Crippen LogP contribution in [0.3, 0.4) is 0 Å². The Labute approximate surface area is 140 Å². The van der Waals surface area contributed by atoms with Gasteiger partial charge in [0.05, 0.1) is 11.4 Å². The zero-order valence-electron chi connectivity index (χ0n) is 13.4. The van der Waals surface area contributed by atoms with Gasteiger partial charge in [-0.25, -0.2) is 8.42 Å². The van der Waals surface area contributed by atoms with Gasteiger partial charge in [-0.2, -0.15) is 4.31 Å². The first kappa shape index (κ1) is 16.4. The Kier molecular flexibility index (Phi) is 4.46. The summed E-state index contributed by atoms with van der Waals surface area (Å²) in [5.74, 6) is 0.614. The van der Waals surface area contributed by atoms with Crippen molar-refractivity contribution in [3.05, 3.63) is 66.1 Å². The van der Waals surface area contributed by atoms with Crippen molar-refractivity contribution >= 4 is 10.0 Å². The topological polar surface area (TPSA) is 76.3 Å². The molecule has 0 atom stereocenters. The number of aromatic nitrogens is 2. The van der Waals surface area contributed by atoms with Gasteiger partial charge < -0.3 is 4.42 Å². The Bertz CT molecular complexity index is 919. The average Bonchev–Trinajstić information content (AvgIpc) is 3.04. The summed E-state index contributed by atoms with van der Waals surface area (Å²) in [5, 5.41) is 7.93. The van der Waals surface area contributed by atoms with Crippen molar-refractivity contribution in [3.8, 4) is 11.5 Å². The minimum atomic E-state index is -3.59. The van der Waals surface area contributed by atoms with E-state index in [9.17, 15) is 8.42 Å². The highest BCUT2D eigenvalue weighted by molar-refractivity contribution is 7.89. The molecular formula is C17H17N3O3S. The van der Waals surface area contributed by atoms with Gasteiger partial charge in [-0.15, -0.1) is 10.2 Å². The first-order chi connectivity index (χ1) is 11.5. The first-order valence-corrected chi connectivity index (χ1v) is 8.81. The molecule has 124 valence electrons. The van der Waals surface area contributed by atoms with Gasteiger partial charge in [-0.3, -0.25) is 0 Å². The number of nitrogens with zero attached hydrogens (tertiary/aromatic N) is 3. The van der Waals surface area contributed by atoms with Gasteiger partial charge in [0.1, 0.15) is 0 Å². The lowest BCUT2D eigenvalue weighted by atomic mass is 10.1. The molecule has 3 aromatic rings. The molecular weight excluding hydrogens is 326 g/mol. The molecule has 0 N–H and O–H groups in total. The summed E-state index contributed by atoms with van der Waals surface area (Å²) in [5.41, 5.74) is 1.93. The standard InChI is InChI=1S/C17H17N3O3S/c1-13-8-10-14(11-9-13)17-19-18-16(23-17)12-20(2)24(21,22)15-6-4-3-5-7-15/h3-11H,12H2,1-2H3. The first-order valence-electron chi connectivity index (χ1n) is 7.37. The second-order valence-electron chi connectivity index (χ2n) is 5.44. The van der Waals surface area contributed by atoms with Crippen molar-refractivity contribution in [2.45, 2.75) is 18.4 Å². The molecule has 6 nitrogen and oxygen atoms in total. The zero-order valence-corrected chi connectivity index (χ0v) is 14.2. The summed E-state index contributed by atoms with van der Waals surface area (Å²) in [6.07, 6.45) is 0. The van der Waals surface area contributed by atoms with Gasteiger partial charge in [-0.1, -0.05) is 35.9 Å². The van der Waals surface area contributed by atoms with Crippen molar-refractivity contribution in [1.82, 2.24) is 14.5 Å². The van der Waals surface area contributed by atoms with Crippen LogP contribution < -0.4 is 0 Å². The molecule has 0 aliphatic rings. The predicted octanol–water partition coefficient (Wildman–Crippen LogP) is 2.87. The van der Waals surface area contributed by atoms with E-state index >= 15 is 0 Å². The highest BCUT2D eigenvalue weighted by Crippen LogP contribution is 2.20. The molecule has 0 amide bonds. The fraction of sp³-hybridized carbons (Fsp3) is 0.176. The van der Waals surface area contributed by atoms with Crippen LogP contribution in [-0.2, 0) is 16.6 Å². The highest BCUT2D eigenvalue weighted by Gasteiger charge is 2.22. The molecule has 1 heterocycles. The van der Waals surface area contributed by atoms with Crippen LogP contribution in [0.4, 0.5) is 0 Å². The van der Waals surface area contributed by atoms with Gasteiger partial charge in [-0.05, 0) is 31.2 Å². The van der Waals surface area contributed by atoms with Crippen LogP contribution in [0.2, 0.25) is 0 Å². The quantitative estimate of drug-likeness (QED) is 0.712. The van der Waals surface area contributed by atoms with Crippen LogP contribution in [0.25, 0.3) is 11.5 Å². The van der Waals surface area contributed by atoms with Crippen molar-refractivity contribution in [3.63, 3.8) is 0 Å². The Balaban J connectivity index is 1.78. The third-order valence-electron chi connectivity index (χ3n) is 3.57. The summed E-state index contributed by atoms with van der Waals surface area (Å²) in [6, 6.07) is 15.9. The molecule has 0 fully saturated rings. The molecule has 3 rings (SSSR count). The number of sulfonamides is 1. The number of hydrogen-bond donors (Lipinski definition) is 0. The lowest BCUT2D eigenvalue weighted by Gasteiger charge is -2.14. The van der Waals surface area contributed by atoms with E-state index in [1.165, 1.54) is 11.4 Å². The van der Waals surface area contributed by atoms with Crippen molar-refractivity contribution in [2.24, 2.45) is 0 Å². The van der Waals surface area contributed by atoms with E-state index in [1.807, 2.05) is 31.2 Å². The summed E-state index contributed by atoms with van der Waals surface area (Å²) < 4.78 is 31.7. The van der Waals surface area contributed by atoms with E-state index in [-0.39, 0.29) is 17.3 Å². The van der Waals surface area contributed by atoms with Crippen molar-refractivity contribution in [1.29, 1.82) is 0 Å². The van der Waals surface area contributed by atoms with Crippen LogP contribution in [0.1, 0.15) is 11.5 Å². The lowest BCUT2D eigenvalue weighted by Crippen LogP contribution is -2.26. The summed E-state index contributed by atoms with van der Waals surface area (Å²) in [7, 11) is -2.11. The maximum Gasteiger partial charge on any atom is 0.247 e. The second kappa shape index (κ2) is 6.54.